The number of rotatable bonds is 3. The molecule has 1 fully saturated rings. The molecule has 1 aromatic heterocycles. The molecular weight excluding hydrogens is 340 g/mol. The van der Waals surface area contributed by atoms with Crippen LogP contribution in [0.25, 0.3) is 10.6 Å². The minimum atomic E-state index is -1.07. The number of aromatic nitrogens is 1. The van der Waals surface area contributed by atoms with Gasteiger partial charge in [0.05, 0.1) is 24.4 Å². The minimum absolute atomic E-state index is 0.0352. The van der Waals surface area contributed by atoms with Gasteiger partial charge in [0.1, 0.15) is 9.88 Å². The topological polar surface area (TPSA) is 79.7 Å². The van der Waals surface area contributed by atoms with Crippen LogP contribution < -0.4 is 0 Å². The predicted molar refractivity (Wildman–Crippen MR) is 85.8 cm³/mol. The molecule has 1 aliphatic rings. The second-order valence-corrected chi connectivity index (χ2v) is 6.40. The van der Waals surface area contributed by atoms with Crippen molar-refractivity contribution in [2.24, 2.45) is 0 Å². The molecule has 0 unspecified atom stereocenters. The molecule has 1 saturated heterocycles. The Bertz CT molecular complexity index is 749. The molecule has 1 atom stereocenters. The highest BCUT2D eigenvalue weighted by atomic mass is 35.5. The molecule has 1 aliphatic heterocycles. The fourth-order valence-corrected chi connectivity index (χ4v) is 3.48. The van der Waals surface area contributed by atoms with E-state index in [9.17, 15) is 9.59 Å². The quantitative estimate of drug-likeness (QED) is 0.917. The molecule has 2 heterocycles. The Balaban J connectivity index is 1.79. The van der Waals surface area contributed by atoms with E-state index in [0.717, 1.165) is 5.56 Å². The molecule has 23 heavy (non-hydrogen) atoms. The maximum atomic E-state index is 12.5. The number of carboxylic acid groups (broad SMARTS) is 1. The van der Waals surface area contributed by atoms with Gasteiger partial charge in [0.2, 0.25) is 0 Å². The monoisotopic (exact) mass is 352 g/mol. The third-order valence-corrected chi connectivity index (χ3v) is 4.80. The molecule has 2 aromatic rings. The van der Waals surface area contributed by atoms with E-state index < -0.39 is 12.1 Å². The summed E-state index contributed by atoms with van der Waals surface area (Å²) in [5, 5.41) is 10.2. The summed E-state index contributed by atoms with van der Waals surface area (Å²) in [7, 11) is 0. The number of thiazole rings is 1. The summed E-state index contributed by atoms with van der Waals surface area (Å²) in [5.74, 6) is -1.31. The van der Waals surface area contributed by atoms with Crippen molar-refractivity contribution >= 4 is 34.8 Å². The van der Waals surface area contributed by atoms with Gasteiger partial charge in [0, 0.05) is 12.1 Å². The number of carbonyl (C=O) groups is 2. The summed E-state index contributed by atoms with van der Waals surface area (Å²) in [6.07, 6.45) is 0.514. The van der Waals surface area contributed by atoms with Crippen LogP contribution in [0.4, 0.5) is 0 Å². The number of carbonyl (C=O) groups excluding carboxylic acids is 1. The number of morpholine rings is 1. The Morgan fingerprint density at radius 1 is 1.39 bits per heavy atom. The fourth-order valence-electron chi connectivity index (χ4n) is 2.27. The van der Waals surface area contributed by atoms with Crippen LogP contribution in [0, 0.1) is 0 Å². The first kappa shape index (κ1) is 15.9. The van der Waals surface area contributed by atoms with Crippen molar-refractivity contribution in [3.63, 3.8) is 0 Å². The summed E-state index contributed by atoms with van der Waals surface area (Å²) in [6, 6.07) is 7.28. The van der Waals surface area contributed by atoms with Crippen molar-refractivity contribution in [3.05, 3.63) is 40.4 Å². The molecule has 1 N–H and O–H groups in total. The number of halogens is 1. The molecule has 8 heteroatoms. The maximum absolute atomic E-state index is 12.5. The van der Waals surface area contributed by atoms with Crippen molar-refractivity contribution in [2.75, 3.05) is 19.7 Å². The summed E-state index contributed by atoms with van der Waals surface area (Å²) in [5.41, 5.74) is 0.767. The average Bonchev–Trinajstić information content (AvgIpc) is 3.04. The minimum Gasteiger partial charge on any atom is -0.479 e. The lowest BCUT2D eigenvalue weighted by molar-refractivity contribution is -0.154. The van der Waals surface area contributed by atoms with Crippen LogP contribution >= 0.6 is 22.9 Å². The SMILES string of the molecule is O=C(O)[C@@H]1CN(C(=O)c2cnc(-c3ccccc3Cl)s2)CCO1. The second-order valence-electron chi connectivity index (χ2n) is 4.96. The first-order valence-electron chi connectivity index (χ1n) is 6.90. The number of amides is 1. The smallest absolute Gasteiger partial charge is 0.334 e. The van der Waals surface area contributed by atoms with Crippen molar-refractivity contribution in [1.82, 2.24) is 9.88 Å². The van der Waals surface area contributed by atoms with Crippen LogP contribution in [0.5, 0.6) is 0 Å². The number of aliphatic carboxylic acids is 1. The van der Waals surface area contributed by atoms with E-state index in [1.165, 1.54) is 22.4 Å². The molecule has 3 rings (SSSR count). The second kappa shape index (κ2) is 6.66. The lowest BCUT2D eigenvalue weighted by atomic mass is 10.2. The Labute approximate surface area is 141 Å². The van der Waals surface area contributed by atoms with Crippen LogP contribution in [-0.4, -0.2) is 52.7 Å². The Morgan fingerprint density at radius 2 is 2.17 bits per heavy atom. The normalized spacial score (nSPS) is 18.0. The van der Waals surface area contributed by atoms with E-state index in [1.807, 2.05) is 18.2 Å². The number of benzene rings is 1. The molecule has 120 valence electrons. The summed E-state index contributed by atoms with van der Waals surface area (Å²) in [6.45, 7) is 0.605. The maximum Gasteiger partial charge on any atom is 0.334 e. The Morgan fingerprint density at radius 3 is 2.91 bits per heavy atom. The van der Waals surface area contributed by atoms with Crippen molar-refractivity contribution < 1.29 is 19.4 Å². The number of hydrogen-bond donors (Lipinski definition) is 1. The average molecular weight is 353 g/mol. The number of carboxylic acids is 1. The largest absolute Gasteiger partial charge is 0.479 e. The van der Waals surface area contributed by atoms with Crippen LogP contribution in [-0.2, 0) is 9.53 Å². The molecule has 0 spiro atoms. The van der Waals surface area contributed by atoms with Gasteiger partial charge in [0.15, 0.2) is 6.10 Å². The molecular formula is C15H13ClN2O4S. The highest BCUT2D eigenvalue weighted by Gasteiger charge is 2.30. The highest BCUT2D eigenvalue weighted by molar-refractivity contribution is 7.17. The Hall–Kier alpha value is -1.96. The van der Waals surface area contributed by atoms with Gasteiger partial charge in [-0.1, -0.05) is 29.8 Å². The van der Waals surface area contributed by atoms with Crippen LogP contribution in [0.2, 0.25) is 5.02 Å². The van der Waals surface area contributed by atoms with Gasteiger partial charge in [-0.2, -0.15) is 0 Å². The first-order valence-corrected chi connectivity index (χ1v) is 8.10. The van der Waals surface area contributed by atoms with E-state index in [4.69, 9.17) is 21.4 Å². The summed E-state index contributed by atoms with van der Waals surface area (Å²) >= 11 is 7.38. The molecule has 0 bridgehead atoms. The highest BCUT2D eigenvalue weighted by Crippen LogP contribution is 2.31. The van der Waals surface area contributed by atoms with E-state index in [-0.39, 0.29) is 19.1 Å². The first-order chi connectivity index (χ1) is 11.1. The van der Waals surface area contributed by atoms with Gasteiger partial charge in [-0.3, -0.25) is 4.79 Å². The zero-order valence-electron chi connectivity index (χ0n) is 11.9. The van der Waals surface area contributed by atoms with Gasteiger partial charge >= 0.3 is 5.97 Å². The fraction of sp³-hybridized carbons (Fsp3) is 0.267. The van der Waals surface area contributed by atoms with E-state index >= 15 is 0 Å². The molecule has 6 nitrogen and oxygen atoms in total. The van der Waals surface area contributed by atoms with Crippen molar-refractivity contribution in [3.8, 4) is 10.6 Å². The molecule has 1 amide bonds. The van der Waals surface area contributed by atoms with E-state index in [1.54, 1.807) is 6.07 Å². The Kier molecular flexibility index (Phi) is 4.61. The van der Waals surface area contributed by atoms with Crippen molar-refractivity contribution in [1.29, 1.82) is 0 Å². The van der Waals surface area contributed by atoms with E-state index in [0.29, 0.717) is 21.5 Å². The summed E-state index contributed by atoms with van der Waals surface area (Å²) in [4.78, 5) is 29.7. The zero-order chi connectivity index (χ0) is 16.4. The van der Waals surface area contributed by atoms with Crippen LogP contribution in [0.3, 0.4) is 0 Å². The lowest BCUT2D eigenvalue weighted by Gasteiger charge is -2.30. The van der Waals surface area contributed by atoms with Gasteiger partial charge < -0.3 is 14.7 Å². The number of hydrogen-bond acceptors (Lipinski definition) is 5. The molecule has 1 aromatic carbocycles. The molecule has 0 radical (unpaired) electrons. The summed E-state index contributed by atoms with van der Waals surface area (Å²) < 4.78 is 5.12. The predicted octanol–water partition coefficient (Wildman–Crippen LogP) is 2.39. The van der Waals surface area contributed by atoms with Gasteiger partial charge in [-0.05, 0) is 6.07 Å². The zero-order valence-corrected chi connectivity index (χ0v) is 13.5. The molecule has 0 saturated carbocycles. The van der Waals surface area contributed by atoms with Crippen LogP contribution in [0.1, 0.15) is 9.67 Å². The van der Waals surface area contributed by atoms with Gasteiger partial charge in [0.25, 0.3) is 5.91 Å². The lowest BCUT2D eigenvalue weighted by Crippen LogP contribution is -2.48. The standard InChI is InChI=1S/C15H13ClN2O4S/c16-10-4-2-1-3-9(10)13-17-7-12(23-13)14(19)18-5-6-22-11(8-18)15(20)21/h1-4,7,11H,5-6,8H2,(H,20,21)/t11-/m0/s1. The van der Waals surface area contributed by atoms with E-state index in [2.05, 4.69) is 4.98 Å². The van der Waals surface area contributed by atoms with Crippen LogP contribution in [0.15, 0.2) is 30.5 Å². The number of nitrogens with zero attached hydrogens (tertiary/aromatic N) is 2. The third kappa shape index (κ3) is 3.36. The van der Waals surface area contributed by atoms with Crippen molar-refractivity contribution in [2.45, 2.75) is 6.10 Å². The third-order valence-electron chi connectivity index (χ3n) is 3.45. The van der Waals surface area contributed by atoms with Gasteiger partial charge in [-0.15, -0.1) is 11.3 Å². The van der Waals surface area contributed by atoms with Gasteiger partial charge in [-0.25, -0.2) is 9.78 Å². The molecule has 0 aliphatic carbocycles. The number of ether oxygens (including phenoxy) is 1.